The molecule has 1 aromatic rings. The molecule has 2 amide bonds. The van der Waals surface area contributed by atoms with E-state index in [1.165, 1.54) is 51.4 Å². The van der Waals surface area contributed by atoms with E-state index < -0.39 is 0 Å². The largest absolute Gasteiger partial charge is 0.349 e. The topological polar surface area (TPSA) is 58.2 Å². The maximum absolute atomic E-state index is 12.8. The Morgan fingerprint density at radius 3 is 2.24 bits per heavy atom. The van der Waals surface area contributed by atoms with Crippen molar-refractivity contribution in [1.29, 1.82) is 0 Å². The molecule has 29 heavy (non-hydrogen) atoms. The van der Waals surface area contributed by atoms with Crippen molar-refractivity contribution in [2.24, 2.45) is 17.8 Å². The first-order valence-electron chi connectivity index (χ1n) is 11.4. The Kier molecular flexibility index (Phi) is 5.35. The highest BCUT2D eigenvalue weighted by Crippen LogP contribution is 2.60. The first-order chi connectivity index (χ1) is 14.1. The van der Waals surface area contributed by atoms with Gasteiger partial charge in [0, 0.05) is 10.8 Å². The molecular weight excluding hydrogens is 380 g/mol. The number of thioether (sulfide) groups is 1. The lowest BCUT2D eigenvalue weighted by Crippen LogP contribution is -2.49. The molecule has 0 aliphatic heterocycles. The second kappa shape index (κ2) is 7.98. The normalized spacial score (nSPS) is 33.0. The van der Waals surface area contributed by atoms with Crippen LogP contribution in [0.5, 0.6) is 0 Å². The minimum Gasteiger partial charge on any atom is -0.349 e. The lowest BCUT2D eigenvalue weighted by atomic mass is 9.56. The van der Waals surface area contributed by atoms with Crippen LogP contribution in [0.3, 0.4) is 0 Å². The number of carbonyl (C=O) groups is 2. The highest BCUT2D eigenvalue weighted by atomic mass is 32.2. The summed E-state index contributed by atoms with van der Waals surface area (Å²) < 4.78 is 0.339. The Labute approximate surface area is 178 Å². The maximum atomic E-state index is 12.8. The van der Waals surface area contributed by atoms with Gasteiger partial charge in [-0.15, -0.1) is 11.8 Å². The van der Waals surface area contributed by atoms with Gasteiger partial charge in [-0.1, -0.05) is 25.0 Å². The van der Waals surface area contributed by atoms with Crippen molar-refractivity contribution in [1.82, 2.24) is 5.32 Å². The third-order valence-electron chi connectivity index (χ3n) is 7.63. The van der Waals surface area contributed by atoms with Crippen LogP contribution >= 0.6 is 11.8 Å². The molecule has 5 fully saturated rings. The molecule has 1 aromatic carbocycles. The van der Waals surface area contributed by atoms with Crippen molar-refractivity contribution in [3.63, 3.8) is 0 Å². The predicted molar refractivity (Wildman–Crippen MR) is 118 cm³/mol. The zero-order chi connectivity index (χ0) is 19.8. The van der Waals surface area contributed by atoms with Gasteiger partial charge in [-0.2, -0.15) is 0 Å². The van der Waals surface area contributed by atoms with Gasteiger partial charge in [-0.05, 0) is 81.3 Å². The smallest absolute Gasteiger partial charge is 0.253 e. The standard InChI is InChI=1S/C24H32N2O2S/c27-22(15-29-24-12-16-9-17(13-24)11-18(10-16)14-24)26-21-8-4-3-7-20(21)23(28)25-19-5-1-2-6-19/h3-4,7-8,16-19H,1-2,5-6,9-15H2,(H,25,28)(H,26,27). The van der Waals surface area contributed by atoms with Crippen molar-refractivity contribution in [2.75, 3.05) is 11.1 Å². The summed E-state index contributed by atoms with van der Waals surface area (Å²) in [6, 6.07) is 7.68. The Morgan fingerprint density at radius 1 is 0.966 bits per heavy atom. The van der Waals surface area contributed by atoms with E-state index in [-0.39, 0.29) is 17.9 Å². The zero-order valence-corrected chi connectivity index (χ0v) is 17.9. The molecule has 156 valence electrons. The Bertz CT molecular complexity index is 752. The van der Waals surface area contributed by atoms with Crippen LogP contribution in [0.2, 0.25) is 0 Å². The molecule has 5 saturated carbocycles. The molecule has 6 rings (SSSR count). The third-order valence-corrected chi connectivity index (χ3v) is 9.15. The fourth-order valence-corrected chi connectivity index (χ4v) is 8.31. The van der Waals surface area contributed by atoms with Crippen LogP contribution in [0.1, 0.15) is 74.6 Å². The quantitative estimate of drug-likeness (QED) is 0.691. The van der Waals surface area contributed by atoms with Gasteiger partial charge in [0.25, 0.3) is 5.91 Å². The highest BCUT2D eigenvalue weighted by Gasteiger charge is 2.51. The first-order valence-corrected chi connectivity index (χ1v) is 12.4. The lowest BCUT2D eigenvalue weighted by Gasteiger charge is -2.56. The molecule has 4 nitrogen and oxygen atoms in total. The van der Waals surface area contributed by atoms with E-state index in [1.807, 2.05) is 36.0 Å². The van der Waals surface area contributed by atoms with Gasteiger partial charge in [-0.25, -0.2) is 0 Å². The lowest BCUT2D eigenvalue weighted by molar-refractivity contribution is -0.113. The zero-order valence-electron chi connectivity index (χ0n) is 17.1. The molecule has 0 saturated heterocycles. The second-order valence-corrected chi connectivity index (χ2v) is 11.4. The van der Waals surface area contributed by atoms with Crippen LogP contribution in [-0.4, -0.2) is 28.4 Å². The molecule has 0 radical (unpaired) electrons. The molecule has 0 aromatic heterocycles. The van der Waals surface area contributed by atoms with Crippen molar-refractivity contribution in [3.05, 3.63) is 29.8 Å². The Hall–Kier alpha value is -1.49. The predicted octanol–water partition coefficient (Wildman–Crippen LogP) is 5.00. The van der Waals surface area contributed by atoms with Crippen molar-refractivity contribution < 1.29 is 9.59 Å². The number of nitrogens with one attached hydrogen (secondary N) is 2. The van der Waals surface area contributed by atoms with Gasteiger partial charge < -0.3 is 10.6 Å². The van der Waals surface area contributed by atoms with Gasteiger partial charge in [0.1, 0.15) is 0 Å². The van der Waals surface area contributed by atoms with Gasteiger partial charge in [-0.3, -0.25) is 9.59 Å². The van der Waals surface area contributed by atoms with Crippen LogP contribution in [0, 0.1) is 17.8 Å². The third kappa shape index (κ3) is 4.21. The first kappa shape index (κ1) is 19.5. The number of rotatable bonds is 6. The number of anilines is 1. The van der Waals surface area contributed by atoms with Gasteiger partial charge in [0.2, 0.25) is 5.91 Å². The fraction of sp³-hybridized carbons (Fsp3) is 0.667. The van der Waals surface area contributed by atoms with Crippen molar-refractivity contribution in [2.45, 2.75) is 75.0 Å². The molecule has 0 heterocycles. The van der Waals surface area contributed by atoms with E-state index in [0.717, 1.165) is 30.6 Å². The minimum atomic E-state index is -0.0680. The number of amides is 2. The van der Waals surface area contributed by atoms with Crippen molar-refractivity contribution in [3.8, 4) is 0 Å². The molecule has 5 aliphatic carbocycles. The van der Waals surface area contributed by atoms with E-state index in [1.54, 1.807) is 0 Å². The SMILES string of the molecule is O=C(CSC12CC3CC(CC(C3)C1)C2)Nc1ccccc1C(=O)NC1CCCC1. The van der Waals surface area contributed by atoms with Crippen LogP contribution in [0.25, 0.3) is 0 Å². The summed E-state index contributed by atoms with van der Waals surface area (Å²) >= 11 is 1.89. The molecular formula is C24H32N2O2S. The van der Waals surface area contributed by atoms with E-state index in [2.05, 4.69) is 10.6 Å². The highest BCUT2D eigenvalue weighted by molar-refractivity contribution is 8.01. The van der Waals surface area contributed by atoms with E-state index in [0.29, 0.717) is 21.8 Å². The monoisotopic (exact) mass is 412 g/mol. The van der Waals surface area contributed by atoms with E-state index >= 15 is 0 Å². The van der Waals surface area contributed by atoms with Crippen LogP contribution in [0.15, 0.2) is 24.3 Å². The van der Waals surface area contributed by atoms with Crippen molar-refractivity contribution >= 4 is 29.3 Å². The number of hydrogen-bond donors (Lipinski definition) is 2. The number of hydrogen-bond acceptors (Lipinski definition) is 3. The van der Waals surface area contributed by atoms with Crippen LogP contribution in [-0.2, 0) is 4.79 Å². The average molecular weight is 413 g/mol. The molecule has 2 N–H and O–H groups in total. The summed E-state index contributed by atoms with van der Waals surface area (Å²) in [4.78, 5) is 25.5. The fourth-order valence-electron chi connectivity index (χ4n) is 6.74. The molecule has 4 bridgehead atoms. The summed E-state index contributed by atoms with van der Waals surface area (Å²) in [6.45, 7) is 0. The summed E-state index contributed by atoms with van der Waals surface area (Å²) in [5, 5.41) is 6.16. The summed E-state index contributed by atoms with van der Waals surface area (Å²) in [6.07, 6.45) is 12.7. The summed E-state index contributed by atoms with van der Waals surface area (Å²) in [5.41, 5.74) is 1.21. The van der Waals surface area contributed by atoms with Gasteiger partial charge >= 0.3 is 0 Å². The van der Waals surface area contributed by atoms with Gasteiger partial charge in [0.15, 0.2) is 0 Å². The maximum Gasteiger partial charge on any atom is 0.253 e. The molecule has 0 unspecified atom stereocenters. The van der Waals surface area contributed by atoms with E-state index in [4.69, 9.17) is 0 Å². The summed E-state index contributed by atoms with van der Waals surface area (Å²) in [5.74, 6) is 3.14. The minimum absolute atomic E-state index is 0.0202. The molecule has 5 aliphatic rings. The van der Waals surface area contributed by atoms with Crippen LogP contribution < -0.4 is 10.6 Å². The summed E-state index contributed by atoms with van der Waals surface area (Å²) in [7, 11) is 0. The number of carbonyl (C=O) groups excluding carboxylic acids is 2. The van der Waals surface area contributed by atoms with Crippen LogP contribution in [0.4, 0.5) is 5.69 Å². The van der Waals surface area contributed by atoms with Gasteiger partial charge in [0.05, 0.1) is 17.0 Å². The second-order valence-electron chi connectivity index (χ2n) is 9.94. The number of para-hydroxylation sites is 1. The molecule has 0 atom stereocenters. The number of benzene rings is 1. The molecule has 5 heteroatoms. The Morgan fingerprint density at radius 2 is 1.59 bits per heavy atom. The molecule has 0 spiro atoms. The Balaban J connectivity index is 1.19. The van der Waals surface area contributed by atoms with E-state index in [9.17, 15) is 9.59 Å². The average Bonchev–Trinajstić information content (AvgIpc) is 3.19.